The lowest BCUT2D eigenvalue weighted by atomic mass is 10.2. The summed E-state index contributed by atoms with van der Waals surface area (Å²) >= 11 is 0. The van der Waals surface area contributed by atoms with E-state index in [0.29, 0.717) is 0 Å². The quantitative estimate of drug-likeness (QED) is 0.640. The number of hydrogen-bond acceptors (Lipinski definition) is 0. The van der Waals surface area contributed by atoms with E-state index in [9.17, 15) is 0 Å². The summed E-state index contributed by atoms with van der Waals surface area (Å²) in [5.41, 5.74) is 1.29. The zero-order chi connectivity index (χ0) is 10.4. The van der Waals surface area contributed by atoms with E-state index in [1.165, 1.54) is 12.1 Å². The van der Waals surface area contributed by atoms with E-state index in [1.807, 2.05) is 6.07 Å². The van der Waals surface area contributed by atoms with Gasteiger partial charge in [-0.1, -0.05) is 42.5 Å². The summed E-state index contributed by atoms with van der Waals surface area (Å²) in [6.07, 6.45) is 5.58. The minimum Gasteiger partial charge on any atom is -0.331 e. The van der Waals surface area contributed by atoms with Crippen LogP contribution in [0.2, 0.25) is 0 Å². The van der Waals surface area contributed by atoms with Crippen LogP contribution in [0.3, 0.4) is 0 Å². The van der Waals surface area contributed by atoms with E-state index >= 15 is 0 Å². The second-order valence-electron chi connectivity index (χ2n) is 4.62. The molecule has 1 rings (SSSR count). The molecule has 0 heterocycles. The molecule has 1 aromatic carbocycles. The molecule has 0 amide bonds. The van der Waals surface area contributed by atoms with Gasteiger partial charge in [0, 0.05) is 6.42 Å². The summed E-state index contributed by atoms with van der Waals surface area (Å²) in [7, 11) is 6.66. The van der Waals surface area contributed by atoms with E-state index in [1.54, 1.807) is 0 Å². The van der Waals surface area contributed by atoms with Crippen LogP contribution in [-0.2, 0) is 0 Å². The fraction of sp³-hybridized carbons (Fsp3) is 0.385. The van der Waals surface area contributed by atoms with Gasteiger partial charge < -0.3 is 4.48 Å². The van der Waals surface area contributed by atoms with Gasteiger partial charge in [0.05, 0.1) is 27.7 Å². The van der Waals surface area contributed by atoms with Gasteiger partial charge in [-0.25, -0.2) is 0 Å². The Hall–Kier alpha value is -1.08. The van der Waals surface area contributed by atoms with Crippen molar-refractivity contribution in [3.63, 3.8) is 0 Å². The third-order valence-corrected chi connectivity index (χ3v) is 2.08. The average Bonchev–Trinajstić information content (AvgIpc) is 2.13. The Morgan fingerprint density at radius 3 is 2.29 bits per heavy atom. The van der Waals surface area contributed by atoms with Crippen LogP contribution in [0.4, 0.5) is 0 Å². The maximum absolute atomic E-state index is 2.25. The molecule has 0 unspecified atom stereocenters. The highest BCUT2D eigenvalue weighted by atomic mass is 15.3. The number of benzene rings is 1. The molecule has 1 heteroatoms. The van der Waals surface area contributed by atoms with Crippen LogP contribution >= 0.6 is 0 Å². The predicted molar refractivity (Wildman–Crippen MR) is 63.0 cm³/mol. The maximum Gasteiger partial charge on any atom is 0.0815 e. The molecule has 0 aromatic heterocycles. The van der Waals surface area contributed by atoms with E-state index in [2.05, 4.69) is 57.6 Å². The van der Waals surface area contributed by atoms with Crippen molar-refractivity contribution in [2.45, 2.75) is 6.42 Å². The zero-order valence-corrected chi connectivity index (χ0v) is 9.40. The second kappa shape index (κ2) is 4.97. The molecule has 0 spiro atoms. The first kappa shape index (κ1) is 11.0. The molecule has 0 saturated carbocycles. The van der Waals surface area contributed by atoms with Gasteiger partial charge in [0.15, 0.2) is 0 Å². The minimum absolute atomic E-state index is 1.03. The van der Waals surface area contributed by atoms with Crippen LogP contribution in [0.5, 0.6) is 0 Å². The number of quaternary nitrogens is 1. The van der Waals surface area contributed by atoms with Crippen molar-refractivity contribution >= 4 is 6.08 Å². The summed E-state index contributed by atoms with van der Waals surface area (Å²) in [6.45, 7) is 1.18. The monoisotopic (exact) mass is 190 g/mol. The van der Waals surface area contributed by atoms with Crippen molar-refractivity contribution < 1.29 is 4.48 Å². The SMILES string of the molecule is C[N+](C)(C)CC/C=C/c1ccccc1. The van der Waals surface area contributed by atoms with Gasteiger partial charge in [0.1, 0.15) is 0 Å². The molecule has 0 N–H and O–H groups in total. The molecule has 0 saturated heterocycles. The third kappa shape index (κ3) is 4.83. The van der Waals surface area contributed by atoms with E-state index in [4.69, 9.17) is 0 Å². The van der Waals surface area contributed by atoms with E-state index < -0.39 is 0 Å². The van der Waals surface area contributed by atoms with Crippen LogP contribution in [0, 0.1) is 0 Å². The first-order valence-corrected chi connectivity index (χ1v) is 5.10. The molecular formula is C13H20N+. The summed E-state index contributed by atoms with van der Waals surface area (Å²) in [4.78, 5) is 0. The van der Waals surface area contributed by atoms with E-state index in [-0.39, 0.29) is 0 Å². The standard InChI is InChI=1S/C13H20N/c1-14(2,3)12-8-7-11-13-9-5-4-6-10-13/h4-7,9-11H,8,12H2,1-3H3/q+1/b11-7+. The fourth-order valence-electron chi connectivity index (χ4n) is 1.25. The van der Waals surface area contributed by atoms with Crippen LogP contribution in [0.1, 0.15) is 12.0 Å². The number of hydrogen-bond donors (Lipinski definition) is 0. The molecule has 76 valence electrons. The van der Waals surface area contributed by atoms with Gasteiger partial charge in [-0.3, -0.25) is 0 Å². The molecule has 14 heavy (non-hydrogen) atoms. The summed E-state index contributed by atoms with van der Waals surface area (Å²) < 4.78 is 1.03. The van der Waals surface area contributed by atoms with Gasteiger partial charge in [0.2, 0.25) is 0 Å². The van der Waals surface area contributed by atoms with Gasteiger partial charge >= 0.3 is 0 Å². The van der Waals surface area contributed by atoms with Gasteiger partial charge in [0.25, 0.3) is 0 Å². The van der Waals surface area contributed by atoms with Crippen molar-refractivity contribution in [1.82, 2.24) is 0 Å². The van der Waals surface area contributed by atoms with Crippen LogP contribution in [-0.4, -0.2) is 32.2 Å². The Morgan fingerprint density at radius 2 is 1.71 bits per heavy atom. The van der Waals surface area contributed by atoms with Crippen molar-refractivity contribution in [3.05, 3.63) is 42.0 Å². The molecule has 1 aromatic rings. The first-order chi connectivity index (χ1) is 6.58. The Morgan fingerprint density at radius 1 is 1.07 bits per heavy atom. The Balaban J connectivity index is 2.35. The molecule has 0 fully saturated rings. The minimum atomic E-state index is 1.03. The van der Waals surface area contributed by atoms with Gasteiger partial charge in [-0.15, -0.1) is 0 Å². The highest BCUT2D eigenvalue weighted by Crippen LogP contribution is 2.02. The van der Waals surface area contributed by atoms with E-state index in [0.717, 1.165) is 10.9 Å². The third-order valence-electron chi connectivity index (χ3n) is 2.08. The Labute approximate surface area is 87.3 Å². The molecule has 0 aliphatic heterocycles. The normalized spacial score (nSPS) is 12.2. The van der Waals surface area contributed by atoms with Crippen molar-refractivity contribution in [2.24, 2.45) is 0 Å². The molecule has 0 bridgehead atoms. The largest absolute Gasteiger partial charge is 0.331 e. The maximum atomic E-state index is 2.25. The summed E-state index contributed by atoms with van der Waals surface area (Å²) in [5, 5.41) is 0. The second-order valence-corrected chi connectivity index (χ2v) is 4.62. The lowest BCUT2D eigenvalue weighted by Crippen LogP contribution is -2.34. The first-order valence-electron chi connectivity index (χ1n) is 5.10. The zero-order valence-electron chi connectivity index (χ0n) is 9.40. The molecule has 1 nitrogen and oxygen atoms in total. The topological polar surface area (TPSA) is 0 Å². The number of rotatable bonds is 4. The smallest absolute Gasteiger partial charge is 0.0815 e. The van der Waals surface area contributed by atoms with Crippen LogP contribution in [0.25, 0.3) is 6.08 Å². The molecule has 0 radical (unpaired) electrons. The fourth-order valence-corrected chi connectivity index (χ4v) is 1.25. The lowest BCUT2D eigenvalue weighted by Gasteiger charge is -2.22. The highest BCUT2D eigenvalue weighted by Gasteiger charge is 2.02. The van der Waals surface area contributed by atoms with Crippen molar-refractivity contribution in [2.75, 3.05) is 27.7 Å². The summed E-state index contributed by atoms with van der Waals surface area (Å²) in [5.74, 6) is 0. The average molecular weight is 190 g/mol. The van der Waals surface area contributed by atoms with Crippen LogP contribution < -0.4 is 0 Å². The molecule has 0 atom stereocenters. The van der Waals surface area contributed by atoms with Gasteiger partial charge in [-0.05, 0) is 5.56 Å². The summed E-state index contributed by atoms with van der Waals surface area (Å²) in [6, 6.07) is 10.4. The Bertz CT molecular complexity index is 280. The highest BCUT2D eigenvalue weighted by molar-refractivity contribution is 5.48. The van der Waals surface area contributed by atoms with Gasteiger partial charge in [-0.2, -0.15) is 0 Å². The lowest BCUT2D eigenvalue weighted by molar-refractivity contribution is -0.869. The molecule has 0 aliphatic rings. The van der Waals surface area contributed by atoms with Crippen LogP contribution in [0.15, 0.2) is 36.4 Å². The Kier molecular flexibility index (Phi) is 3.90. The van der Waals surface area contributed by atoms with Crippen molar-refractivity contribution in [1.29, 1.82) is 0 Å². The van der Waals surface area contributed by atoms with Crippen molar-refractivity contribution in [3.8, 4) is 0 Å². The molecule has 0 aliphatic carbocycles. The molecular weight excluding hydrogens is 170 g/mol. The predicted octanol–water partition coefficient (Wildman–Crippen LogP) is 2.80. The number of nitrogens with zero attached hydrogens (tertiary/aromatic N) is 1.